The van der Waals surface area contributed by atoms with Crippen molar-refractivity contribution in [3.63, 3.8) is 0 Å². The second-order valence-electron chi connectivity index (χ2n) is 5.11. The topological polar surface area (TPSA) is 90.7 Å². The zero-order valence-electron chi connectivity index (χ0n) is 13.7. The van der Waals surface area contributed by atoms with E-state index in [0.29, 0.717) is 28.3 Å². The van der Waals surface area contributed by atoms with E-state index in [-0.39, 0.29) is 18.0 Å². The third kappa shape index (κ3) is 3.81. The zero-order chi connectivity index (χ0) is 17.7. The summed E-state index contributed by atoms with van der Waals surface area (Å²) < 4.78 is 10.4. The first-order valence-electron chi connectivity index (χ1n) is 7.21. The van der Waals surface area contributed by atoms with E-state index in [2.05, 4.69) is 5.32 Å². The molecule has 1 amide bonds. The maximum atomic E-state index is 12.3. The molecule has 2 aromatic carbocycles. The number of nitro groups is 1. The molecule has 0 aliphatic heterocycles. The monoisotopic (exact) mass is 330 g/mol. The fourth-order valence-corrected chi connectivity index (χ4v) is 2.32. The summed E-state index contributed by atoms with van der Waals surface area (Å²) in [5, 5.41) is 13.7. The summed E-state index contributed by atoms with van der Waals surface area (Å²) in [6.45, 7) is 1.60. The lowest BCUT2D eigenvalue weighted by atomic mass is 10.1. The van der Waals surface area contributed by atoms with Crippen LogP contribution in [-0.2, 0) is 11.2 Å². The van der Waals surface area contributed by atoms with Crippen molar-refractivity contribution in [3.8, 4) is 11.5 Å². The van der Waals surface area contributed by atoms with E-state index >= 15 is 0 Å². The van der Waals surface area contributed by atoms with E-state index in [1.54, 1.807) is 38.3 Å². The molecule has 7 nitrogen and oxygen atoms in total. The van der Waals surface area contributed by atoms with E-state index in [0.717, 1.165) is 0 Å². The van der Waals surface area contributed by atoms with Crippen molar-refractivity contribution in [1.82, 2.24) is 0 Å². The highest BCUT2D eigenvalue weighted by Crippen LogP contribution is 2.27. The van der Waals surface area contributed by atoms with Crippen LogP contribution in [0.15, 0.2) is 36.4 Å². The van der Waals surface area contributed by atoms with Crippen LogP contribution in [0, 0.1) is 17.0 Å². The molecule has 0 fully saturated rings. The Morgan fingerprint density at radius 2 is 1.96 bits per heavy atom. The highest BCUT2D eigenvalue weighted by atomic mass is 16.6. The highest BCUT2D eigenvalue weighted by Gasteiger charge is 2.16. The predicted molar refractivity (Wildman–Crippen MR) is 89.7 cm³/mol. The first-order chi connectivity index (χ1) is 11.5. The number of anilines is 1. The van der Waals surface area contributed by atoms with Crippen molar-refractivity contribution in [3.05, 3.63) is 57.6 Å². The standard InChI is InChI=1S/C17H18N2O5/c1-11-14(5-4-6-15(11)19(21)22)18-17(20)9-12-7-8-13(23-2)10-16(12)24-3/h4-8,10H,9H2,1-3H3,(H,18,20). The molecule has 0 aliphatic rings. The summed E-state index contributed by atoms with van der Waals surface area (Å²) in [7, 11) is 3.06. The summed E-state index contributed by atoms with van der Waals surface area (Å²) in [5.74, 6) is 0.882. The van der Waals surface area contributed by atoms with Gasteiger partial charge in [-0.3, -0.25) is 14.9 Å². The largest absolute Gasteiger partial charge is 0.497 e. The Morgan fingerprint density at radius 1 is 1.21 bits per heavy atom. The molecule has 0 bridgehead atoms. The van der Waals surface area contributed by atoms with Gasteiger partial charge in [0.25, 0.3) is 5.69 Å². The first-order valence-corrected chi connectivity index (χ1v) is 7.21. The third-order valence-corrected chi connectivity index (χ3v) is 3.62. The van der Waals surface area contributed by atoms with Gasteiger partial charge in [-0.25, -0.2) is 0 Å². The summed E-state index contributed by atoms with van der Waals surface area (Å²) in [6, 6.07) is 9.75. The molecule has 0 spiro atoms. The van der Waals surface area contributed by atoms with Crippen LogP contribution in [0.25, 0.3) is 0 Å². The number of ether oxygens (including phenoxy) is 2. The lowest BCUT2D eigenvalue weighted by Crippen LogP contribution is -2.16. The van der Waals surface area contributed by atoms with Gasteiger partial charge < -0.3 is 14.8 Å². The Morgan fingerprint density at radius 3 is 2.58 bits per heavy atom. The number of methoxy groups -OCH3 is 2. The lowest BCUT2D eigenvalue weighted by Gasteiger charge is -2.12. The maximum Gasteiger partial charge on any atom is 0.274 e. The van der Waals surface area contributed by atoms with Crippen LogP contribution >= 0.6 is 0 Å². The minimum atomic E-state index is -0.475. The van der Waals surface area contributed by atoms with Gasteiger partial charge in [0.1, 0.15) is 11.5 Å². The number of hydrogen-bond donors (Lipinski definition) is 1. The molecule has 0 atom stereocenters. The van der Waals surface area contributed by atoms with E-state index in [4.69, 9.17) is 9.47 Å². The minimum Gasteiger partial charge on any atom is -0.497 e. The average Bonchev–Trinajstić information content (AvgIpc) is 2.56. The van der Waals surface area contributed by atoms with Crippen molar-refractivity contribution in [2.75, 3.05) is 19.5 Å². The van der Waals surface area contributed by atoms with Crippen molar-refractivity contribution < 1.29 is 19.2 Å². The molecule has 0 unspecified atom stereocenters. The highest BCUT2D eigenvalue weighted by molar-refractivity contribution is 5.93. The van der Waals surface area contributed by atoms with Gasteiger partial charge in [0.05, 0.1) is 36.8 Å². The van der Waals surface area contributed by atoms with Gasteiger partial charge in [0, 0.05) is 17.7 Å². The van der Waals surface area contributed by atoms with Crippen molar-refractivity contribution in [1.29, 1.82) is 0 Å². The number of rotatable bonds is 6. The van der Waals surface area contributed by atoms with Crippen molar-refractivity contribution >= 4 is 17.3 Å². The van der Waals surface area contributed by atoms with E-state index in [9.17, 15) is 14.9 Å². The van der Waals surface area contributed by atoms with Crippen LogP contribution in [0.1, 0.15) is 11.1 Å². The van der Waals surface area contributed by atoms with Crippen LogP contribution in [0.4, 0.5) is 11.4 Å². The molecule has 1 N–H and O–H groups in total. The number of hydrogen-bond acceptors (Lipinski definition) is 5. The molecule has 0 aromatic heterocycles. The second kappa shape index (κ2) is 7.45. The molecule has 126 valence electrons. The average molecular weight is 330 g/mol. The predicted octanol–water partition coefficient (Wildman–Crippen LogP) is 3.10. The van der Waals surface area contributed by atoms with Crippen LogP contribution in [0.3, 0.4) is 0 Å². The Kier molecular flexibility index (Phi) is 5.36. The zero-order valence-corrected chi connectivity index (χ0v) is 13.7. The van der Waals surface area contributed by atoms with Gasteiger partial charge in [0.15, 0.2) is 0 Å². The summed E-state index contributed by atoms with van der Waals surface area (Å²) in [4.78, 5) is 22.8. The molecular formula is C17H18N2O5. The number of nitrogens with one attached hydrogen (secondary N) is 1. The summed E-state index contributed by atoms with van der Waals surface area (Å²) >= 11 is 0. The number of carbonyl (C=O) groups is 1. The van der Waals surface area contributed by atoms with E-state index in [1.807, 2.05) is 0 Å². The lowest BCUT2D eigenvalue weighted by molar-refractivity contribution is -0.385. The van der Waals surface area contributed by atoms with Crippen LogP contribution in [0.5, 0.6) is 11.5 Å². The molecule has 0 saturated carbocycles. The van der Waals surface area contributed by atoms with E-state index in [1.165, 1.54) is 19.2 Å². The quantitative estimate of drug-likeness (QED) is 0.649. The van der Waals surface area contributed by atoms with Gasteiger partial charge in [-0.05, 0) is 19.1 Å². The van der Waals surface area contributed by atoms with Crippen LogP contribution < -0.4 is 14.8 Å². The Labute approximate surface area is 139 Å². The SMILES string of the molecule is COc1ccc(CC(=O)Nc2cccc([N+](=O)[O-])c2C)c(OC)c1. The second-order valence-corrected chi connectivity index (χ2v) is 5.11. The number of benzene rings is 2. The third-order valence-electron chi connectivity index (χ3n) is 3.62. The summed E-state index contributed by atoms with van der Waals surface area (Å²) in [6.07, 6.45) is 0.0787. The summed E-state index contributed by atoms with van der Waals surface area (Å²) in [5.41, 5.74) is 1.49. The van der Waals surface area contributed by atoms with Crippen LogP contribution in [0.2, 0.25) is 0 Å². The smallest absolute Gasteiger partial charge is 0.274 e. The van der Waals surface area contributed by atoms with Gasteiger partial charge in [0.2, 0.25) is 5.91 Å². The molecule has 0 saturated heterocycles. The molecule has 2 rings (SSSR count). The number of amides is 1. The molecule has 0 radical (unpaired) electrons. The molecule has 7 heteroatoms. The van der Waals surface area contributed by atoms with Crippen molar-refractivity contribution in [2.24, 2.45) is 0 Å². The number of nitrogens with zero attached hydrogens (tertiary/aromatic N) is 1. The maximum absolute atomic E-state index is 12.3. The molecule has 0 aliphatic carbocycles. The van der Waals surface area contributed by atoms with Gasteiger partial charge >= 0.3 is 0 Å². The fourth-order valence-electron chi connectivity index (χ4n) is 2.32. The molecule has 2 aromatic rings. The Balaban J connectivity index is 2.17. The first kappa shape index (κ1) is 17.3. The minimum absolute atomic E-state index is 0.0326. The van der Waals surface area contributed by atoms with Crippen LogP contribution in [-0.4, -0.2) is 25.1 Å². The molecule has 0 heterocycles. The molecular weight excluding hydrogens is 312 g/mol. The Hall–Kier alpha value is -3.09. The number of carbonyl (C=O) groups excluding carboxylic acids is 1. The van der Waals surface area contributed by atoms with Gasteiger partial charge in [-0.1, -0.05) is 12.1 Å². The fraction of sp³-hybridized carbons (Fsp3) is 0.235. The Bertz CT molecular complexity index is 774. The molecule has 24 heavy (non-hydrogen) atoms. The van der Waals surface area contributed by atoms with E-state index < -0.39 is 4.92 Å². The van der Waals surface area contributed by atoms with Gasteiger partial charge in [-0.2, -0.15) is 0 Å². The van der Waals surface area contributed by atoms with Gasteiger partial charge in [-0.15, -0.1) is 0 Å². The number of nitro benzene ring substituents is 1. The normalized spacial score (nSPS) is 10.1. The van der Waals surface area contributed by atoms with Crippen molar-refractivity contribution in [2.45, 2.75) is 13.3 Å².